The Hall–Kier alpha value is -1.81. The van der Waals surface area contributed by atoms with Crippen LogP contribution >= 0.6 is 0 Å². The van der Waals surface area contributed by atoms with Gasteiger partial charge in [-0.05, 0) is 0 Å². The number of hydrogen-bond donors (Lipinski definition) is 4. The Kier molecular flexibility index (Phi) is 2.82. The van der Waals surface area contributed by atoms with Crippen molar-refractivity contribution in [1.29, 1.82) is 0 Å². The first-order valence-corrected chi connectivity index (χ1v) is 5.66. The highest BCUT2D eigenvalue weighted by Crippen LogP contribution is 2.30. The predicted octanol–water partition coefficient (Wildman–Crippen LogP) is -2.27. The fourth-order valence-corrected chi connectivity index (χ4v) is 2.16. The summed E-state index contributed by atoms with van der Waals surface area (Å²) in [5, 5.41) is 28.6. The van der Waals surface area contributed by atoms with E-state index in [4.69, 9.17) is 9.84 Å². The summed E-state index contributed by atoms with van der Waals surface area (Å²) in [4.78, 5) is 21.8. The Labute approximate surface area is 106 Å². The molecule has 9 nitrogen and oxygen atoms in total. The maximum Gasteiger partial charge on any atom is 0.278 e. The van der Waals surface area contributed by atoms with Crippen LogP contribution in [0.5, 0.6) is 0 Å². The van der Waals surface area contributed by atoms with E-state index in [1.807, 2.05) is 0 Å². The number of ether oxygens (including phenoxy) is 1. The highest BCUT2D eigenvalue weighted by atomic mass is 16.6. The van der Waals surface area contributed by atoms with Gasteiger partial charge in [0.05, 0.1) is 19.3 Å². The Morgan fingerprint density at radius 3 is 2.84 bits per heavy atom. The van der Waals surface area contributed by atoms with E-state index in [2.05, 4.69) is 15.0 Å². The molecule has 2 aromatic heterocycles. The minimum atomic E-state index is -1.24. The Morgan fingerprint density at radius 1 is 1.37 bits per heavy atom. The summed E-state index contributed by atoms with van der Waals surface area (Å²) in [6, 6.07) is 0. The monoisotopic (exact) mass is 268 g/mol. The second-order valence-corrected chi connectivity index (χ2v) is 4.28. The van der Waals surface area contributed by atoms with Gasteiger partial charge in [-0.25, -0.2) is 9.97 Å². The van der Waals surface area contributed by atoms with Gasteiger partial charge in [0.2, 0.25) is 0 Å². The fraction of sp³-hybridized carbons (Fsp3) is 0.500. The smallest absolute Gasteiger partial charge is 0.278 e. The molecule has 3 heterocycles. The van der Waals surface area contributed by atoms with Crippen LogP contribution in [-0.4, -0.2) is 59.8 Å². The van der Waals surface area contributed by atoms with Crippen molar-refractivity contribution in [1.82, 2.24) is 19.5 Å². The molecule has 0 amide bonds. The second kappa shape index (κ2) is 4.38. The largest absolute Gasteiger partial charge is 0.394 e. The van der Waals surface area contributed by atoms with Crippen molar-refractivity contribution in [2.24, 2.45) is 0 Å². The molecule has 3 rings (SSSR count). The second-order valence-electron chi connectivity index (χ2n) is 4.28. The molecule has 1 fully saturated rings. The molecule has 0 radical (unpaired) electrons. The Morgan fingerprint density at radius 2 is 2.16 bits per heavy atom. The lowest BCUT2D eigenvalue weighted by molar-refractivity contribution is -0.0511. The van der Waals surface area contributed by atoms with E-state index in [0.29, 0.717) is 0 Å². The van der Waals surface area contributed by atoms with Crippen molar-refractivity contribution in [3.8, 4) is 0 Å². The summed E-state index contributed by atoms with van der Waals surface area (Å²) in [5.74, 6) is 0. The molecular formula is C10H12N4O5. The number of H-pyrrole nitrogens is 1. The van der Waals surface area contributed by atoms with E-state index in [9.17, 15) is 15.0 Å². The summed E-state index contributed by atoms with van der Waals surface area (Å²) in [5.41, 5.74) is -0.0608. The number of aromatic amines is 1. The van der Waals surface area contributed by atoms with Crippen LogP contribution in [0.15, 0.2) is 17.4 Å². The molecule has 0 aromatic carbocycles. The van der Waals surface area contributed by atoms with Crippen LogP contribution in [0.4, 0.5) is 0 Å². The summed E-state index contributed by atoms with van der Waals surface area (Å²) < 4.78 is 6.70. The van der Waals surface area contributed by atoms with Crippen molar-refractivity contribution < 1.29 is 20.1 Å². The quantitative estimate of drug-likeness (QED) is 0.482. The maximum absolute atomic E-state index is 11.5. The zero-order chi connectivity index (χ0) is 13.6. The third kappa shape index (κ3) is 1.75. The number of nitrogens with zero attached hydrogens (tertiary/aromatic N) is 3. The third-order valence-corrected chi connectivity index (χ3v) is 3.16. The minimum absolute atomic E-state index is 0.111. The number of fused-ring (bicyclic) bond motifs is 1. The number of nitrogens with one attached hydrogen (secondary N) is 1. The van der Waals surface area contributed by atoms with E-state index in [1.165, 1.54) is 17.2 Å². The van der Waals surface area contributed by atoms with Crippen molar-refractivity contribution in [3.63, 3.8) is 0 Å². The van der Waals surface area contributed by atoms with Crippen LogP contribution in [0.1, 0.15) is 6.23 Å². The van der Waals surface area contributed by atoms with Gasteiger partial charge in [0.25, 0.3) is 5.56 Å². The molecule has 102 valence electrons. The number of imidazole rings is 1. The van der Waals surface area contributed by atoms with Crippen molar-refractivity contribution in [2.75, 3.05) is 6.61 Å². The molecule has 1 aliphatic heterocycles. The van der Waals surface area contributed by atoms with Gasteiger partial charge in [0.1, 0.15) is 18.3 Å². The van der Waals surface area contributed by atoms with Crippen LogP contribution < -0.4 is 5.56 Å². The average molecular weight is 268 g/mol. The molecule has 4 atom stereocenters. The van der Waals surface area contributed by atoms with Gasteiger partial charge in [-0.1, -0.05) is 0 Å². The van der Waals surface area contributed by atoms with E-state index in [0.717, 1.165) is 0 Å². The molecule has 0 spiro atoms. The van der Waals surface area contributed by atoms with Gasteiger partial charge >= 0.3 is 0 Å². The number of aliphatic hydroxyl groups is 3. The van der Waals surface area contributed by atoms with Gasteiger partial charge < -0.3 is 25.0 Å². The van der Waals surface area contributed by atoms with Crippen LogP contribution in [0.25, 0.3) is 11.2 Å². The average Bonchev–Trinajstić information content (AvgIpc) is 2.94. The fourth-order valence-electron chi connectivity index (χ4n) is 2.16. The number of aliphatic hydroxyl groups excluding tert-OH is 3. The van der Waals surface area contributed by atoms with Crippen LogP contribution in [-0.2, 0) is 4.74 Å². The summed E-state index contributed by atoms with van der Waals surface area (Å²) in [7, 11) is 0. The molecule has 1 unspecified atom stereocenters. The Bertz CT molecular complexity index is 653. The number of hydrogen-bond acceptors (Lipinski definition) is 7. The van der Waals surface area contributed by atoms with Gasteiger partial charge in [0, 0.05) is 0 Å². The molecule has 2 aromatic rings. The standard InChI is InChI=1S/C10H12N4O5/c15-1-4-6(16)7(17)10(19-4)14-3-13-5-8(14)11-2-12-9(5)18/h2-4,6-7,10,15-17H,1H2,(H,11,12,18)/t4-,6+,7-,10?/m1/s1. The summed E-state index contributed by atoms with van der Waals surface area (Å²) in [6.07, 6.45) is -1.78. The van der Waals surface area contributed by atoms with E-state index in [-0.39, 0.29) is 11.2 Å². The van der Waals surface area contributed by atoms with Crippen LogP contribution in [0.3, 0.4) is 0 Å². The molecule has 4 N–H and O–H groups in total. The topological polar surface area (TPSA) is 133 Å². The molecular weight excluding hydrogens is 256 g/mol. The molecule has 19 heavy (non-hydrogen) atoms. The van der Waals surface area contributed by atoms with Crippen molar-refractivity contribution in [2.45, 2.75) is 24.5 Å². The molecule has 0 bridgehead atoms. The zero-order valence-corrected chi connectivity index (χ0v) is 9.67. The van der Waals surface area contributed by atoms with Gasteiger partial charge in [-0.3, -0.25) is 9.36 Å². The highest BCUT2D eigenvalue weighted by Gasteiger charge is 2.43. The first-order valence-electron chi connectivity index (χ1n) is 5.66. The zero-order valence-electron chi connectivity index (χ0n) is 9.67. The van der Waals surface area contributed by atoms with E-state index < -0.39 is 36.7 Å². The highest BCUT2D eigenvalue weighted by molar-refractivity contribution is 5.68. The molecule has 0 aliphatic carbocycles. The molecule has 1 aliphatic rings. The summed E-state index contributed by atoms with van der Waals surface area (Å²) >= 11 is 0. The lowest BCUT2D eigenvalue weighted by Gasteiger charge is -2.16. The lowest BCUT2D eigenvalue weighted by Crippen LogP contribution is -2.33. The normalized spacial score (nSPS) is 31.1. The first-order chi connectivity index (χ1) is 9.13. The minimum Gasteiger partial charge on any atom is -0.394 e. The number of aromatic nitrogens is 4. The third-order valence-electron chi connectivity index (χ3n) is 3.16. The number of rotatable bonds is 2. The van der Waals surface area contributed by atoms with E-state index >= 15 is 0 Å². The van der Waals surface area contributed by atoms with E-state index in [1.54, 1.807) is 0 Å². The molecule has 0 saturated carbocycles. The molecule has 9 heteroatoms. The van der Waals surface area contributed by atoms with Crippen LogP contribution in [0, 0.1) is 0 Å². The van der Waals surface area contributed by atoms with Gasteiger partial charge in [-0.15, -0.1) is 0 Å². The summed E-state index contributed by atoms with van der Waals surface area (Å²) in [6.45, 7) is -0.421. The SMILES string of the molecule is O=c1[nH]cnc2c1ncn2C1O[C@H](CO)[C@H](O)[C@H]1O. The van der Waals surface area contributed by atoms with Crippen molar-refractivity contribution >= 4 is 11.2 Å². The van der Waals surface area contributed by atoms with Crippen molar-refractivity contribution in [3.05, 3.63) is 23.0 Å². The first kappa shape index (κ1) is 12.2. The predicted molar refractivity (Wildman–Crippen MR) is 61.2 cm³/mol. The maximum atomic E-state index is 11.5. The van der Waals surface area contributed by atoms with Crippen LogP contribution in [0.2, 0.25) is 0 Å². The van der Waals surface area contributed by atoms with Gasteiger partial charge in [0.15, 0.2) is 17.4 Å². The lowest BCUT2D eigenvalue weighted by atomic mass is 10.1. The Balaban J connectivity index is 2.06. The molecule has 1 saturated heterocycles. The van der Waals surface area contributed by atoms with Gasteiger partial charge in [-0.2, -0.15) is 0 Å².